The lowest BCUT2D eigenvalue weighted by Gasteiger charge is -2.21. The second kappa shape index (κ2) is 9.13. The molecule has 0 aliphatic heterocycles. The number of nitrogens with zero attached hydrogens (tertiary/aromatic N) is 1. The van der Waals surface area contributed by atoms with Crippen LogP contribution in [0.3, 0.4) is 0 Å². The molecule has 3 aromatic rings. The summed E-state index contributed by atoms with van der Waals surface area (Å²) >= 11 is 0. The lowest BCUT2D eigenvalue weighted by molar-refractivity contribution is 0.0935. The molecule has 0 spiro atoms. The van der Waals surface area contributed by atoms with Crippen molar-refractivity contribution in [2.45, 2.75) is 31.2 Å². The monoisotopic (exact) mass is 422 g/mol. The number of hydrogen-bond donors (Lipinski definition) is 1. The Labute approximate surface area is 178 Å². The normalized spacial score (nSPS) is 12.2. The van der Waals surface area contributed by atoms with Gasteiger partial charge in [0.15, 0.2) is 0 Å². The predicted molar refractivity (Wildman–Crippen MR) is 120 cm³/mol. The van der Waals surface area contributed by atoms with Crippen LogP contribution in [0.2, 0.25) is 0 Å². The Hall–Kier alpha value is -3.12. The van der Waals surface area contributed by atoms with Gasteiger partial charge in [0, 0.05) is 12.6 Å². The van der Waals surface area contributed by atoms with E-state index in [1.807, 2.05) is 56.3 Å². The molecule has 0 saturated heterocycles. The summed E-state index contributed by atoms with van der Waals surface area (Å²) in [7, 11) is -2.28. The Morgan fingerprint density at radius 3 is 2.33 bits per heavy atom. The fourth-order valence-corrected chi connectivity index (χ4v) is 4.50. The summed E-state index contributed by atoms with van der Waals surface area (Å²) in [6.45, 7) is 3.90. The molecule has 0 aromatic heterocycles. The first-order valence-corrected chi connectivity index (χ1v) is 11.3. The lowest BCUT2D eigenvalue weighted by Crippen LogP contribution is -2.29. The number of anilines is 1. The maximum atomic E-state index is 13.1. The molecule has 3 aromatic carbocycles. The molecular weight excluding hydrogens is 396 g/mol. The van der Waals surface area contributed by atoms with Gasteiger partial charge < -0.3 is 5.32 Å². The van der Waals surface area contributed by atoms with Crippen LogP contribution in [0.15, 0.2) is 83.8 Å². The first-order valence-electron chi connectivity index (χ1n) is 9.84. The number of aryl methyl sites for hydroxylation is 1. The van der Waals surface area contributed by atoms with Crippen LogP contribution in [-0.2, 0) is 10.0 Å². The van der Waals surface area contributed by atoms with E-state index >= 15 is 0 Å². The summed E-state index contributed by atoms with van der Waals surface area (Å²) in [5.41, 5.74) is 2.86. The second-order valence-corrected chi connectivity index (χ2v) is 9.15. The molecule has 156 valence electrons. The molecule has 0 aliphatic rings. The van der Waals surface area contributed by atoms with Crippen molar-refractivity contribution in [3.05, 3.63) is 95.6 Å². The first-order chi connectivity index (χ1) is 14.3. The van der Waals surface area contributed by atoms with Crippen molar-refractivity contribution >= 4 is 21.6 Å². The molecule has 6 heteroatoms. The number of hydrogen-bond acceptors (Lipinski definition) is 3. The Kier molecular flexibility index (Phi) is 6.57. The van der Waals surface area contributed by atoms with Crippen LogP contribution in [0.5, 0.6) is 0 Å². The Bertz CT molecular complexity index is 1130. The van der Waals surface area contributed by atoms with Crippen molar-refractivity contribution in [1.82, 2.24) is 5.32 Å². The number of benzene rings is 3. The van der Waals surface area contributed by atoms with Crippen LogP contribution in [-0.4, -0.2) is 21.4 Å². The summed E-state index contributed by atoms with van der Waals surface area (Å²) in [6.07, 6.45) is 0.726. The van der Waals surface area contributed by atoms with Gasteiger partial charge in [0.05, 0.1) is 16.6 Å². The highest BCUT2D eigenvalue weighted by molar-refractivity contribution is 7.92. The second-order valence-electron chi connectivity index (χ2n) is 7.18. The third-order valence-corrected chi connectivity index (χ3v) is 6.82. The van der Waals surface area contributed by atoms with Crippen molar-refractivity contribution in [2.24, 2.45) is 0 Å². The number of carbonyl (C=O) groups is 1. The minimum atomic E-state index is -3.80. The molecule has 1 unspecified atom stereocenters. The smallest absolute Gasteiger partial charge is 0.264 e. The van der Waals surface area contributed by atoms with E-state index in [0.29, 0.717) is 11.3 Å². The third-order valence-electron chi connectivity index (χ3n) is 5.04. The zero-order chi connectivity index (χ0) is 21.7. The Morgan fingerprint density at radius 2 is 1.67 bits per heavy atom. The fraction of sp³-hybridized carbons (Fsp3) is 0.208. The number of amides is 1. The minimum absolute atomic E-state index is 0.0758. The molecule has 1 amide bonds. The zero-order valence-corrected chi connectivity index (χ0v) is 18.2. The van der Waals surface area contributed by atoms with E-state index in [2.05, 4.69) is 5.32 Å². The van der Waals surface area contributed by atoms with E-state index in [9.17, 15) is 13.2 Å². The minimum Gasteiger partial charge on any atom is -0.345 e. The van der Waals surface area contributed by atoms with Gasteiger partial charge >= 0.3 is 0 Å². The van der Waals surface area contributed by atoms with Gasteiger partial charge in [0.1, 0.15) is 0 Å². The molecule has 5 nitrogen and oxygen atoms in total. The molecule has 1 N–H and O–H groups in total. The predicted octanol–water partition coefficient (Wildman–Crippen LogP) is 4.70. The third kappa shape index (κ3) is 4.71. The molecule has 0 aliphatic carbocycles. The van der Waals surface area contributed by atoms with Crippen LogP contribution in [0.1, 0.15) is 40.9 Å². The van der Waals surface area contributed by atoms with Crippen LogP contribution >= 0.6 is 0 Å². The molecule has 0 bridgehead atoms. The number of sulfonamides is 1. The van der Waals surface area contributed by atoms with Gasteiger partial charge in [0.25, 0.3) is 15.9 Å². The Morgan fingerprint density at radius 1 is 0.967 bits per heavy atom. The molecule has 0 saturated carbocycles. The number of rotatable bonds is 7. The van der Waals surface area contributed by atoms with Crippen LogP contribution in [0.25, 0.3) is 0 Å². The van der Waals surface area contributed by atoms with Crippen LogP contribution in [0, 0.1) is 6.92 Å². The maximum absolute atomic E-state index is 13.1. The van der Waals surface area contributed by atoms with Gasteiger partial charge in [-0.3, -0.25) is 9.10 Å². The summed E-state index contributed by atoms with van der Waals surface area (Å²) < 4.78 is 27.5. The largest absolute Gasteiger partial charge is 0.345 e. The molecule has 30 heavy (non-hydrogen) atoms. The summed E-state index contributed by atoms with van der Waals surface area (Å²) in [6, 6.07) is 23.0. The Balaban J connectivity index is 1.85. The van der Waals surface area contributed by atoms with E-state index in [1.165, 1.54) is 23.5 Å². The van der Waals surface area contributed by atoms with Gasteiger partial charge in [-0.15, -0.1) is 0 Å². The maximum Gasteiger partial charge on any atom is 0.264 e. The quantitative estimate of drug-likeness (QED) is 0.600. The topological polar surface area (TPSA) is 66.5 Å². The molecule has 0 heterocycles. The molecule has 0 fully saturated rings. The SMILES string of the molecule is CCC(NC(=O)c1cccc(S(=O)(=O)N(C)c2cccc(C)c2)c1)c1ccccc1. The average molecular weight is 423 g/mol. The van der Waals surface area contributed by atoms with E-state index in [4.69, 9.17) is 0 Å². The van der Waals surface area contributed by atoms with Crippen molar-refractivity contribution in [2.75, 3.05) is 11.4 Å². The average Bonchev–Trinajstić information content (AvgIpc) is 2.77. The van der Waals surface area contributed by atoms with Gasteiger partial charge in [-0.1, -0.05) is 55.5 Å². The van der Waals surface area contributed by atoms with Crippen molar-refractivity contribution in [1.29, 1.82) is 0 Å². The molecule has 1 atom stereocenters. The van der Waals surface area contributed by atoms with E-state index in [0.717, 1.165) is 17.5 Å². The number of carbonyl (C=O) groups excluding carboxylic acids is 1. The van der Waals surface area contributed by atoms with Crippen molar-refractivity contribution in [3.8, 4) is 0 Å². The van der Waals surface area contributed by atoms with Gasteiger partial charge in [0.2, 0.25) is 0 Å². The van der Waals surface area contributed by atoms with Crippen LogP contribution < -0.4 is 9.62 Å². The highest BCUT2D eigenvalue weighted by Gasteiger charge is 2.23. The standard InChI is InChI=1S/C24H26N2O3S/c1-4-23(19-11-6-5-7-12-19)25-24(27)20-13-9-15-22(17-20)30(28,29)26(3)21-14-8-10-18(2)16-21/h5-17,23H,4H2,1-3H3,(H,25,27). The first kappa shape index (κ1) is 21.6. The number of nitrogens with one attached hydrogen (secondary N) is 1. The summed E-state index contributed by atoms with van der Waals surface area (Å²) in [5.74, 6) is -0.305. The van der Waals surface area contributed by atoms with E-state index < -0.39 is 10.0 Å². The van der Waals surface area contributed by atoms with Gasteiger partial charge in [-0.2, -0.15) is 0 Å². The summed E-state index contributed by atoms with van der Waals surface area (Å²) in [5, 5.41) is 3.00. The van der Waals surface area contributed by atoms with E-state index in [1.54, 1.807) is 24.3 Å². The highest BCUT2D eigenvalue weighted by atomic mass is 32.2. The van der Waals surface area contributed by atoms with Gasteiger partial charge in [-0.05, 0) is 54.8 Å². The summed E-state index contributed by atoms with van der Waals surface area (Å²) in [4.78, 5) is 12.9. The molecular formula is C24H26N2O3S. The highest BCUT2D eigenvalue weighted by Crippen LogP contribution is 2.24. The lowest BCUT2D eigenvalue weighted by atomic mass is 10.0. The van der Waals surface area contributed by atoms with Gasteiger partial charge in [-0.25, -0.2) is 8.42 Å². The zero-order valence-electron chi connectivity index (χ0n) is 17.4. The van der Waals surface area contributed by atoms with Crippen molar-refractivity contribution in [3.63, 3.8) is 0 Å². The fourth-order valence-electron chi connectivity index (χ4n) is 3.27. The molecule has 0 radical (unpaired) electrons. The van der Waals surface area contributed by atoms with E-state index in [-0.39, 0.29) is 16.8 Å². The molecule has 3 rings (SSSR count). The van der Waals surface area contributed by atoms with Crippen LogP contribution in [0.4, 0.5) is 5.69 Å². The van der Waals surface area contributed by atoms with Crippen molar-refractivity contribution < 1.29 is 13.2 Å².